The number of aliphatic hydroxyl groups excluding tert-OH is 1. The van der Waals surface area contributed by atoms with Crippen LogP contribution in [0, 0.1) is 5.82 Å². The van der Waals surface area contributed by atoms with E-state index in [1.54, 1.807) is 18.2 Å². The van der Waals surface area contributed by atoms with Gasteiger partial charge in [0.05, 0.1) is 12.6 Å². The summed E-state index contributed by atoms with van der Waals surface area (Å²) >= 11 is 0. The molecule has 0 amide bonds. The van der Waals surface area contributed by atoms with Crippen molar-refractivity contribution in [2.24, 2.45) is 0 Å². The standard InChI is InChI=1S/C17H14FN3O3/c18-12-4-2-1-3-11(12)13(9-22)21-15-14(16(23)17(15)24)20-10-5-7-19-8-6-10/h1-8,13,21-22H,9H2,(H,19,20). The molecule has 3 N–H and O–H groups in total. The van der Waals surface area contributed by atoms with Crippen LogP contribution in [0.1, 0.15) is 11.6 Å². The van der Waals surface area contributed by atoms with Crippen LogP contribution < -0.4 is 21.5 Å². The Morgan fingerprint density at radius 1 is 1.04 bits per heavy atom. The van der Waals surface area contributed by atoms with Gasteiger partial charge in [-0.2, -0.15) is 0 Å². The summed E-state index contributed by atoms with van der Waals surface area (Å²) in [5.41, 5.74) is -0.463. The Hall–Kier alpha value is -3.06. The molecule has 0 aliphatic heterocycles. The Morgan fingerprint density at radius 3 is 2.38 bits per heavy atom. The number of pyridine rings is 1. The van der Waals surface area contributed by atoms with Gasteiger partial charge in [-0.3, -0.25) is 14.6 Å². The minimum atomic E-state index is -0.840. The van der Waals surface area contributed by atoms with Crippen molar-refractivity contribution < 1.29 is 9.50 Å². The lowest BCUT2D eigenvalue weighted by molar-refractivity contribution is 0.274. The quantitative estimate of drug-likeness (QED) is 0.597. The molecule has 0 saturated heterocycles. The predicted octanol–water partition coefficient (Wildman–Crippen LogP) is 1.71. The first-order chi connectivity index (χ1) is 11.6. The van der Waals surface area contributed by atoms with Gasteiger partial charge < -0.3 is 15.7 Å². The van der Waals surface area contributed by atoms with Crippen LogP contribution in [0.3, 0.4) is 0 Å². The highest BCUT2D eigenvalue weighted by molar-refractivity contribution is 5.78. The van der Waals surface area contributed by atoms with E-state index in [0.29, 0.717) is 5.69 Å². The number of aliphatic hydroxyl groups is 1. The van der Waals surface area contributed by atoms with Crippen molar-refractivity contribution in [3.63, 3.8) is 0 Å². The SMILES string of the molecule is O=c1c(Nc2ccncc2)c(NC(CO)c2ccccc2F)c1=O. The van der Waals surface area contributed by atoms with Crippen molar-refractivity contribution in [1.82, 2.24) is 4.98 Å². The molecule has 6 nitrogen and oxygen atoms in total. The lowest BCUT2D eigenvalue weighted by atomic mass is 10.1. The van der Waals surface area contributed by atoms with Crippen LogP contribution in [0.4, 0.5) is 21.5 Å². The summed E-state index contributed by atoms with van der Waals surface area (Å²) < 4.78 is 13.9. The molecule has 0 aliphatic rings. The van der Waals surface area contributed by atoms with Gasteiger partial charge in [-0.15, -0.1) is 0 Å². The van der Waals surface area contributed by atoms with Crippen LogP contribution in [-0.2, 0) is 0 Å². The number of hydrogen-bond donors (Lipinski definition) is 3. The number of rotatable bonds is 6. The van der Waals surface area contributed by atoms with Crippen molar-refractivity contribution in [3.8, 4) is 0 Å². The lowest BCUT2D eigenvalue weighted by Gasteiger charge is -2.21. The van der Waals surface area contributed by atoms with Crippen LogP contribution in [0.5, 0.6) is 0 Å². The van der Waals surface area contributed by atoms with E-state index >= 15 is 0 Å². The number of benzene rings is 1. The van der Waals surface area contributed by atoms with Gasteiger partial charge in [-0.25, -0.2) is 4.39 Å². The van der Waals surface area contributed by atoms with Gasteiger partial charge in [0.15, 0.2) is 0 Å². The van der Waals surface area contributed by atoms with Gasteiger partial charge >= 0.3 is 0 Å². The Kier molecular flexibility index (Phi) is 4.35. The van der Waals surface area contributed by atoms with Gasteiger partial charge in [-0.05, 0) is 18.2 Å². The van der Waals surface area contributed by atoms with Crippen LogP contribution in [0.25, 0.3) is 0 Å². The number of nitrogens with zero attached hydrogens (tertiary/aromatic N) is 1. The van der Waals surface area contributed by atoms with Crippen molar-refractivity contribution in [3.05, 3.63) is 80.6 Å². The zero-order valence-electron chi connectivity index (χ0n) is 12.5. The maximum atomic E-state index is 13.9. The zero-order valence-corrected chi connectivity index (χ0v) is 12.5. The largest absolute Gasteiger partial charge is 0.394 e. The van der Waals surface area contributed by atoms with E-state index in [0.717, 1.165) is 0 Å². The normalized spacial score (nSPS) is 12.1. The van der Waals surface area contributed by atoms with Crippen LogP contribution in [0.2, 0.25) is 0 Å². The van der Waals surface area contributed by atoms with Crippen molar-refractivity contribution in [1.29, 1.82) is 0 Å². The van der Waals surface area contributed by atoms with Gasteiger partial charge in [0, 0.05) is 23.6 Å². The van der Waals surface area contributed by atoms with E-state index in [2.05, 4.69) is 15.6 Å². The Labute approximate surface area is 136 Å². The molecule has 1 aromatic heterocycles. The lowest BCUT2D eigenvalue weighted by Crippen LogP contribution is -2.38. The van der Waals surface area contributed by atoms with E-state index in [1.165, 1.54) is 30.6 Å². The fourth-order valence-corrected chi connectivity index (χ4v) is 2.38. The highest BCUT2D eigenvalue weighted by Crippen LogP contribution is 2.26. The summed E-state index contributed by atoms with van der Waals surface area (Å²) in [6.07, 6.45) is 3.08. The topological polar surface area (TPSA) is 91.3 Å². The van der Waals surface area contributed by atoms with Crippen LogP contribution in [-0.4, -0.2) is 16.7 Å². The smallest absolute Gasteiger partial charge is 0.253 e. The first kappa shape index (κ1) is 15.8. The van der Waals surface area contributed by atoms with Crippen molar-refractivity contribution in [2.75, 3.05) is 17.2 Å². The molecule has 1 heterocycles. The first-order valence-corrected chi connectivity index (χ1v) is 7.24. The highest BCUT2D eigenvalue weighted by atomic mass is 19.1. The molecule has 1 unspecified atom stereocenters. The molecular weight excluding hydrogens is 313 g/mol. The molecule has 0 fully saturated rings. The molecule has 0 radical (unpaired) electrons. The predicted molar refractivity (Wildman–Crippen MR) is 88.7 cm³/mol. The van der Waals surface area contributed by atoms with E-state index in [4.69, 9.17) is 0 Å². The highest BCUT2D eigenvalue weighted by Gasteiger charge is 2.25. The fraction of sp³-hybridized carbons (Fsp3) is 0.118. The summed E-state index contributed by atoms with van der Waals surface area (Å²) in [7, 11) is 0. The second-order valence-electron chi connectivity index (χ2n) is 5.17. The Morgan fingerprint density at radius 2 is 1.71 bits per heavy atom. The zero-order chi connectivity index (χ0) is 17.1. The van der Waals surface area contributed by atoms with Gasteiger partial charge in [-0.1, -0.05) is 18.2 Å². The van der Waals surface area contributed by atoms with E-state index in [-0.39, 0.29) is 16.9 Å². The number of hydrogen-bond acceptors (Lipinski definition) is 6. The van der Waals surface area contributed by atoms with Crippen LogP contribution in [0.15, 0.2) is 58.4 Å². The fourth-order valence-electron chi connectivity index (χ4n) is 2.38. The summed E-state index contributed by atoms with van der Waals surface area (Å²) in [6, 6.07) is 8.36. The molecule has 3 rings (SSSR count). The summed E-state index contributed by atoms with van der Waals surface area (Å²) in [5, 5.41) is 15.1. The van der Waals surface area contributed by atoms with Crippen LogP contribution >= 0.6 is 0 Å². The molecule has 0 saturated carbocycles. The van der Waals surface area contributed by atoms with Gasteiger partial charge in [0.1, 0.15) is 17.2 Å². The Bertz CT molecular complexity index is 920. The van der Waals surface area contributed by atoms with Gasteiger partial charge in [0.25, 0.3) is 10.9 Å². The molecule has 2 aromatic carbocycles. The monoisotopic (exact) mass is 327 g/mol. The molecule has 1 atom stereocenters. The number of aromatic nitrogens is 1. The third-order valence-corrected chi connectivity index (χ3v) is 3.64. The summed E-state index contributed by atoms with van der Waals surface area (Å²) in [4.78, 5) is 27.5. The maximum Gasteiger partial charge on any atom is 0.253 e. The van der Waals surface area contributed by atoms with E-state index < -0.39 is 29.3 Å². The molecule has 24 heavy (non-hydrogen) atoms. The van der Waals surface area contributed by atoms with Crippen molar-refractivity contribution >= 4 is 17.1 Å². The second kappa shape index (κ2) is 6.59. The molecule has 0 aliphatic carbocycles. The average molecular weight is 327 g/mol. The number of halogens is 1. The third kappa shape index (κ3) is 2.89. The Balaban J connectivity index is 1.88. The molecule has 0 spiro atoms. The van der Waals surface area contributed by atoms with Gasteiger partial charge in [0.2, 0.25) is 0 Å². The molecule has 3 aromatic rings. The third-order valence-electron chi connectivity index (χ3n) is 3.64. The maximum absolute atomic E-state index is 13.9. The molecule has 7 heteroatoms. The molecule has 0 bridgehead atoms. The minimum absolute atomic E-state index is 0.0270. The summed E-state index contributed by atoms with van der Waals surface area (Å²) in [6.45, 7) is -0.436. The minimum Gasteiger partial charge on any atom is -0.394 e. The second-order valence-corrected chi connectivity index (χ2v) is 5.17. The molecule has 122 valence electrons. The molecular formula is C17H14FN3O3. The first-order valence-electron chi connectivity index (χ1n) is 7.24. The van der Waals surface area contributed by atoms with E-state index in [1.807, 2.05) is 0 Å². The number of nitrogens with one attached hydrogen (secondary N) is 2. The van der Waals surface area contributed by atoms with Crippen molar-refractivity contribution in [2.45, 2.75) is 6.04 Å². The van der Waals surface area contributed by atoms with E-state index in [9.17, 15) is 19.1 Å². The summed E-state index contributed by atoms with van der Waals surface area (Å²) in [5.74, 6) is -0.508. The average Bonchev–Trinajstić information content (AvgIpc) is 2.62. The number of anilines is 3.